The molecule has 0 aliphatic carbocycles. The van der Waals surface area contributed by atoms with Crippen molar-refractivity contribution >= 4 is 5.91 Å². The van der Waals surface area contributed by atoms with Crippen LogP contribution in [0.25, 0.3) is 0 Å². The zero-order valence-electron chi connectivity index (χ0n) is 9.21. The monoisotopic (exact) mass is 210 g/mol. The Balaban J connectivity index is 3.28. The molecule has 0 heterocycles. The molecule has 0 saturated heterocycles. The molecular formula is C11H18N2O2. The van der Waals surface area contributed by atoms with Crippen molar-refractivity contribution in [3.63, 3.8) is 0 Å². The van der Waals surface area contributed by atoms with E-state index in [9.17, 15) is 4.79 Å². The van der Waals surface area contributed by atoms with E-state index in [-0.39, 0.29) is 11.5 Å². The molecule has 15 heavy (non-hydrogen) atoms. The fraction of sp³-hybridized carbons (Fsp3) is 0.636. The molecule has 0 bridgehead atoms. The van der Waals surface area contributed by atoms with E-state index in [4.69, 9.17) is 10.00 Å². The van der Waals surface area contributed by atoms with Gasteiger partial charge in [0.25, 0.3) is 5.91 Å². The summed E-state index contributed by atoms with van der Waals surface area (Å²) in [7, 11) is 0. The van der Waals surface area contributed by atoms with Crippen LogP contribution in [-0.4, -0.2) is 25.7 Å². The van der Waals surface area contributed by atoms with Gasteiger partial charge in [-0.25, -0.2) is 0 Å². The number of hydrogen-bond donors (Lipinski definition) is 1. The number of carbonyl (C=O) groups is 1. The molecule has 0 radical (unpaired) electrons. The third-order valence-corrected chi connectivity index (χ3v) is 1.76. The Hall–Kier alpha value is -1.34. The van der Waals surface area contributed by atoms with Gasteiger partial charge in [-0.15, -0.1) is 0 Å². The number of carbonyl (C=O) groups excluding carboxylic acids is 1. The van der Waals surface area contributed by atoms with Crippen LogP contribution < -0.4 is 5.32 Å². The first-order valence-corrected chi connectivity index (χ1v) is 5.17. The van der Waals surface area contributed by atoms with Gasteiger partial charge in [-0.3, -0.25) is 4.79 Å². The smallest absolute Gasteiger partial charge is 0.261 e. The molecule has 1 N–H and O–H groups in total. The minimum absolute atomic E-state index is 0.0442. The zero-order chi connectivity index (χ0) is 11.5. The molecule has 4 heteroatoms. The van der Waals surface area contributed by atoms with E-state index in [1.54, 1.807) is 6.07 Å². The lowest BCUT2D eigenvalue weighted by atomic mass is 10.3. The maximum Gasteiger partial charge on any atom is 0.261 e. The van der Waals surface area contributed by atoms with E-state index < -0.39 is 0 Å². The molecule has 0 aliphatic heterocycles. The first-order valence-electron chi connectivity index (χ1n) is 5.17. The Morgan fingerprint density at radius 2 is 2.20 bits per heavy atom. The number of nitriles is 1. The Morgan fingerprint density at radius 1 is 1.47 bits per heavy atom. The fourth-order valence-electron chi connectivity index (χ4n) is 0.935. The average Bonchev–Trinajstić information content (AvgIpc) is 2.26. The van der Waals surface area contributed by atoms with Gasteiger partial charge in [-0.05, 0) is 19.3 Å². The summed E-state index contributed by atoms with van der Waals surface area (Å²) in [5.41, 5.74) is -0.0442. The van der Waals surface area contributed by atoms with Gasteiger partial charge in [0.05, 0.1) is 0 Å². The molecule has 0 fully saturated rings. The SMILES string of the molecule is C=C(C#N)C(=O)NCCCCOCCC. The van der Waals surface area contributed by atoms with Crippen molar-refractivity contribution in [3.05, 3.63) is 12.2 Å². The number of ether oxygens (including phenoxy) is 1. The Labute approximate surface area is 90.9 Å². The van der Waals surface area contributed by atoms with E-state index >= 15 is 0 Å². The van der Waals surface area contributed by atoms with Gasteiger partial charge < -0.3 is 10.1 Å². The highest BCUT2D eigenvalue weighted by atomic mass is 16.5. The number of unbranched alkanes of at least 4 members (excludes halogenated alkanes) is 1. The van der Waals surface area contributed by atoms with Gasteiger partial charge in [-0.2, -0.15) is 5.26 Å². The molecule has 0 aromatic carbocycles. The van der Waals surface area contributed by atoms with E-state index in [1.165, 1.54) is 0 Å². The fourth-order valence-corrected chi connectivity index (χ4v) is 0.935. The van der Waals surface area contributed by atoms with Crippen molar-refractivity contribution in [2.45, 2.75) is 26.2 Å². The van der Waals surface area contributed by atoms with E-state index in [0.717, 1.165) is 32.5 Å². The highest BCUT2D eigenvalue weighted by Gasteiger charge is 2.03. The molecule has 0 aliphatic rings. The van der Waals surface area contributed by atoms with Crippen LogP contribution in [0.2, 0.25) is 0 Å². The third-order valence-electron chi connectivity index (χ3n) is 1.76. The lowest BCUT2D eigenvalue weighted by molar-refractivity contribution is -0.117. The van der Waals surface area contributed by atoms with Crippen LogP contribution in [0.5, 0.6) is 0 Å². The van der Waals surface area contributed by atoms with Crippen LogP contribution >= 0.6 is 0 Å². The largest absolute Gasteiger partial charge is 0.381 e. The standard InChI is InChI=1S/C11H18N2O2/c1-3-7-15-8-5-4-6-13-11(14)10(2)9-12/h2-8H2,1H3,(H,13,14). The second-order valence-electron chi connectivity index (χ2n) is 3.17. The van der Waals surface area contributed by atoms with Crippen LogP contribution in [0.1, 0.15) is 26.2 Å². The zero-order valence-corrected chi connectivity index (χ0v) is 9.21. The van der Waals surface area contributed by atoms with Gasteiger partial charge >= 0.3 is 0 Å². The Morgan fingerprint density at radius 3 is 2.80 bits per heavy atom. The van der Waals surface area contributed by atoms with Crippen LogP contribution in [-0.2, 0) is 9.53 Å². The van der Waals surface area contributed by atoms with Crippen LogP contribution in [0.15, 0.2) is 12.2 Å². The maximum absolute atomic E-state index is 11.0. The normalized spacial score (nSPS) is 9.33. The second kappa shape index (κ2) is 9.22. The number of nitrogens with zero attached hydrogens (tertiary/aromatic N) is 1. The summed E-state index contributed by atoms with van der Waals surface area (Å²) in [5, 5.41) is 11.0. The van der Waals surface area contributed by atoms with Crippen LogP contribution in [0, 0.1) is 11.3 Å². The molecular weight excluding hydrogens is 192 g/mol. The lowest BCUT2D eigenvalue weighted by Gasteiger charge is -2.04. The van der Waals surface area contributed by atoms with Gasteiger partial charge in [-0.1, -0.05) is 13.5 Å². The molecule has 0 unspecified atom stereocenters. The van der Waals surface area contributed by atoms with Crippen molar-refractivity contribution in [1.82, 2.24) is 5.32 Å². The van der Waals surface area contributed by atoms with Crippen LogP contribution in [0.3, 0.4) is 0 Å². The molecule has 0 rings (SSSR count). The summed E-state index contributed by atoms with van der Waals surface area (Å²) < 4.78 is 5.28. The quantitative estimate of drug-likeness (QED) is 0.374. The summed E-state index contributed by atoms with van der Waals surface area (Å²) in [6, 6.07) is 1.70. The van der Waals surface area contributed by atoms with Gasteiger partial charge in [0, 0.05) is 19.8 Å². The van der Waals surface area contributed by atoms with E-state index in [1.807, 2.05) is 0 Å². The van der Waals surface area contributed by atoms with Crippen molar-refractivity contribution in [2.75, 3.05) is 19.8 Å². The molecule has 4 nitrogen and oxygen atoms in total. The molecule has 0 spiro atoms. The minimum Gasteiger partial charge on any atom is -0.381 e. The number of amides is 1. The summed E-state index contributed by atoms with van der Waals surface area (Å²) in [4.78, 5) is 11.0. The van der Waals surface area contributed by atoms with Crippen LogP contribution in [0.4, 0.5) is 0 Å². The first kappa shape index (κ1) is 13.7. The first-order chi connectivity index (χ1) is 7.22. The molecule has 0 saturated carbocycles. The van der Waals surface area contributed by atoms with Gasteiger partial charge in [0.2, 0.25) is 0 Å². The Bertz CT molecular complexity index is 243. The van der Waals surface area contributed by atoms with E-state index in [0.29, 0.717) is 6.54 Å². The summed E-state index contributed by atoms with van der Waals surface area (Å²) in [6.45, 7) is 7.46. The predicted molar refractivity (Wildman–Crippen MR) is 58.1 cm³/mol. The van der Waals surface area contributed by atoms with Crippen molar-refractivity contribution in [2.24, 2.45) is 0 Å². The Kier molecular flexibility index (Phi) is 8.40. The average molecular weight is 210 g/mol. The van der Waals surface area contributed by atoms with Crippen molar-refractivity contribution < 1.29 is 9.53 Å². The predicted octanol–water partition coefficient (Wildman–Crippen LogP) is 1.39. The maximum atomic E-state index is 11.0. The highest BCUT2D eigenvalue weighted by molar-refractivity contribution is 5.96. The highest BCUT2D eigenvalue weighted by Crippen LogP contribution is 1.91. The number of rotatable bonds is 8. The second-order valence-corrected chi connectivity index (χ2v) is 3.17. The van der Waals surface area contributed by atoms with Gasteiger partial charge in [0.15, 0.2) is 0 Å². The lowest BCUT2D eigenvalue weighted by Crippen LogP contribution is -2.25. The third kappa shape index (κ3) is 7.71. The summed E-state index contributed by atoms with van der Waals surface area (Å²) in [6.07, 6.45) is 2.80. The summed E-state index contributed by atoms with van der Waals surface area (Å²) >= 11 is 0. The topological polar surface area (TPSA) is 62.1 Å². The minimum atomic E-state index is -0.382. The molecule has 0 aromatic heterocycles. The molecule has 1 amide bonds. The molecule has 0 aromatic rings. The number of nitrogens with one attached hydrogen (secondary N) is 1. The van der Waals surface area contributed by atoms with E-state index in [2.05, 4.69) is 18.8 Å². The van der Waals surface area contributed by atoms with Gasteiger partial charge in [0.1, 0.15) is 11.6 Å². The molecule has 84 valence electrons. The number of hydrogen-bond acceptors (Lipinski definition) is 3. The van der Waals surface area contributed by atoms with Crippen molar-refractivity contribution in [3.8, 4) is 6.07 Å². The molecule has 0 atom stereocenters. The summed E-state index contributed by atoms with van der Waals surface area (Å²) in [5.74, 6) is -0.382. The van der Waals surface area contributed by atoms with Crippen molar-refractivity contribution in [1.29, 1.82) is 5.26 Å².